The molecule has 0 aliphatic rings. The molecule has 0 amide bonds. The molecule has 0 saturated heterocycles. The summed E-state index contributed by atoms with van der Waals surface area (Å²) in [5.41, 5.74) is 0.232. The lowest BCUT2D eigenvalue weighted by molar-refractivity contribution is 0.0682. The van der Waals surface area contributed by atoms with Crippen LogP contribution in [0.5, 0.6) is 23.0 Å². The number of hydrogen-bond donors (Lipinski definition) is 2. The van der Waals surface area contributed by atoms with Crippen LogP contribution in [0.25, 0.3) is 0 Å². The Kier molecular flexibility index (Phi) is 5.28. The molecule has 0 aliphatic carbocycles. The summed E-state index contributed by atoms with van der Waals surface area (Å²) in [5.74, 6) is -1.78. The summed E-state index contributed by atoms with van der Waals surface area (Å²) in [6, 6.07) is 15.4. The standard InChI is InChI=1S/C20H13ClO6/c21-14-7-8-17(26-19(24)12-3-1-5-15(22)9-12)18(11-14)27-20(25)13-4-2-6-16(23)10-13/h1-11,22-23H. The number of halogens is 1. The maximum atomic E-state index is 12.3. The summed E-state index contributed by atoms with van der Waals surface area (Å²) in [7, 11) is 0. The molecule has 0 bridgehead atoms. The number of phenolic OH excluding ortho intramolecular Hbond substituents is 2. The lowest BCUT2D eigenvalue weighted by atomic mass is 10.2. The molecule has 0 saturated carbocycles. The van der Waals surface area contributed by atoms with Crippen molar-refractivity contribution in [1.29, 1.82) is 0 Å². The molecule has 0 unspecified atom stereocenters. The van der Waals surface area contributed by atoms with Crippen molar-refractivity contribution in [3.63, 3.8) is 0 Å². The van der Waals surface area contributed by atoms with Crippen molar-refractivity contribution in [2.75, 3.05) is 0 Å². The van der Waals surface area contributed by atoms with E-state index in [2.05, 4.69) is 0 Å². The number of ether oxygens (including phenoxy) is 2. The molecule has 7 heteroatoms. The Labute approximate surface area is 159 Å². The van der Waals surface area contributed by atoms with Crippen molar-refractivity contribution in [2.24, 2.45) is 0 Å². The highest BCUT2D eigenvalue weighted by Gasteiger charge is 2.17. The molecule has 0 fully saturated rings. The monoisotopic (exact) mass is 384 g/mol. The quantitative estimate of drug-likeness (QED) is 0.517. The number of rotatable bonds is 4. The topological polar surface area (TPSA) is 93.1 Å². The average Bonchev–Trinajstić information content (AvgIpc) is 2.64. The van der Waals surface area contributed by atoms with E-state index in [0.29, 0.717) is 0 Å². The van der Waals surface area contributed by atoms with Gasteiger partial charge in [0.1, 0.15) is 11.5 Å². The van der Waals surface area contributed by atoms with Crippen molar-refractivity contribution in [3.8, 4) is 23.0 Å². The first-order chi connectivity index (χ1) is 12.9. The third kappa shape index (κ3) is 4.56. The molecular weight excluding hydrogens is 372 g/mol. The van der Waals surface area contributed by atoms with Gasteiger partial charge in [0, 0.05) is 11.1 Å². The van der Waals surface area contributed by atoms with Crippen molar-refractivity contribution < 1.29 is 29.3 Å². The fourth-order valence-corrected chi connectivity index (χ4v) is 2.39. The van der Waals surface area contributed by atoms with Gasteiger partial charge in [-0.05, 0) is 48.5 Å². The molecular formula is C20H13ClO6. The maximum Gasteiger partial charge on any atom is 0.343 e. The number of aromatic hydroxyl groups is 2. The first-order valence-corrected chi connectivity index (χ1v) is 8.12. The minimum Gasteiger partial charge on any atom is -0.508 e. The van der Waals surface area contributed by atoms with Crippen molar-refractivity contribution >= 4 is 23.5 Å². The summed E-state index contributed by atoms with van der Waals surface area (Å²) < 4.78 is 10.5. The predicted octanol–water partition coefficient (Wildman–Crippen LogP) is 4.19. The Balaban J connectivity index is 1.85. The lowest BCUT2D eigenvalue weighted by Crippen LogP contribution is -2.12. The van der Waals surface area contributed by atoms with E-state index in [-0.39, 0.29) is 39.1 Å². The highest BCUT2D eigenvalue weighted by molar-refractivity contribution is 6.30. The molecule has 6 nitrogen and oxygen atoms in total. The van der Waals surface area contributed by atoms with Crippen LogP contribution in [-0.2, 0) is 0 Å². The SMILES string of the molecule is O=C(Oc1ccc(Cl)cc1OC(=O)c1cccc(O)c1)c1cccc(O)c1. The van der Waals surface area contributed by atoms with E-state index >= 15 is 0 Å². The van der Waals surface area contributed by atoms with Crippen molar-refractivity contribution in [1.82, 2.24) is 0 Å². The first kappa shape index (κ1) is 18.3. The Morgan fingerprint density at radius 2 is 1.22 bits per heavy atom. The van der Waals surface area contributed by atoms with E-state index in [1.165, 1.54) is 66.7 Å². The van der Waals surface area contributed by atoms with Crippen LogP contribution in [0.4, 0.5) is 0 Å². The zero-order valence-electron chi connectivity index (χ0n) is 13.8. The van der Waals surface area contributed by atoms with Gasteiger partial charge in [-0.15, -0.1) is 0 Å². The van der Waals surface area contributed by atoms with Crippen LogP contribution >= 0.6 is 11.6 Å². The van der Waals surface area contributed by atoms with E-state index in [9.17, 15) is 19.8 Å². The minimum atomic E-state index is -0.761. The summed E-state index contributed by atoms with van der Waals surface area (Å²) in [6.45, 7) is 0. The minimum absolute atomic E-state index is 0.0266. The van der Waals surface area contributed by atoms with Gasteiger partial charge in [0.25, 0.3) is 0 Å². The fraction of sp³-hybridized carbons (Fsp3) is 0. The van der Waals surface area contributed by atoms with Crippen LogP contribution in [0.1, 0.15) is 20.7 Å². The Hall–Kier alpha value is -3.51. The lowest BCUT2D eigenvalue weighted by Gasteiger charge is -2.11. The van der Waals surface area contributed by atoms with Crippen molar-refractivity contribution in [3.05, 3.63) is 82.9 Å². The number of carbonyl (C=O) groups is 2. The van der Waals surface area contributed by atoms with Crippen LogP contribution in [0.15, 0.2) is 66.7 Å². The molecule has 27 heavy (non-hydrogen) atoms. The number of benzene rings is 3. The van der Waals surface area contributed by atoms with Gasteiger partial charge >= 0.3 is 11.9 Å². The number of esters is 2. The summed E-state index contributed by atoms with van der Waals surface area (Å²) >= 11 is 5.94. The number of carbonyl (C=O) groups excluding carboxylic acids is 2. The molecule has 3 aromatic carbocycles. The van der Waals surface area contributed by atoms with Gasteiger partial charge in [-0.25, -0.2) is 9.59 Å². The molecule has 0 spiro atoms. The van der Waals surface area contributed by atoms with Gasteiger partial charge in [-0.1, -0.05) is 23.7 Å². The number of phenols is 2. The third-order valence-electron chi connectivity index (χ3n) is 3.47. The Morgan fingerprint density at radius 3 is 1.74 bits per heavy atom. The largest absolute Gasteiger partial charge is 0.508 e. The fourth-order valence-electron chi connectivity index (χ4n) is 2.23. The highest BCUT2D eigenvalue weighted by Crippen LogP contribution is 2.32. The molecule has 0 radical (unpaired) electrons. The second-order valence-electron chi connectivity index (χ2n) is 5.47. The summed E-state index contributed by atoms with van der Waals surface area (Å²) in [4.78, 5) is 24.5. The van der Waals surface area contributed by atoms with Crippen LogP contribution in [0, 0.1) is 0 Å². The van der Waals surface area contributed by atoms with Gasteiger partial charge in [0.15, 0.2) is 11.5 Å². The zero-order chi connectivity index (χ0) is 19.4. The molecule has 0 aromatic heterocycles. The Bertz CT molecular complexity index is 1010. The highest BCUT2D eigenvalue weighted by atomic mass is 35.5. The Morgan fingerprint density at radius 1 is 0.704 bits per heavy atom. The van der Waals surface area contributed by atoms with Gasteiger partial charge in [-0.3, -0.25) is 0 Å². The molecule has 3 aromatic rings. The second-order valence-corrected chi connectivity index (χ2v) is 5.91. The van der Waals surface area contributed by atoms with Crippen LogP contribution in [0.2, 0.25) is 5.02 Å². The molecule has 0 atom stereocenters. The maximum absolute atomic E-state index is 12.3. The third-order valence-corrected chi connectivity index (χ3v) is 3.71. The molecule has 2 N–H and O–H groups in total. The normalized spacial score (nSPS) is 10.3. The molecule has 136 valence electrons. The van der Waals surface area contributed by atoms with Crippen LogP contribution in [-0.4, -0.2) is 22.2 Å². The van der Waals surface area contributed by atoms with E-state index in [4.69, 9.17) is 21.1 Å². The summed E-state index contributed by atoms with van der Waals surface area (Å²) in [6.07, 6.45) is 0. The first-order valence-electron chi connectivity index (χ1n) is 7.74. The van der Waals surface area contributed by atoms with E-state index in [1.807, 2.05) is 0 Å². The molecule has 0 heterocycles. The molecule has 3 rings (SSSR count). The number of hydrogen-bond acceptors (Lipinski definition) is 6. The van der Waals surface area contributed by atoms with Gasteiger partial charge in [0.05, 0.1) is 11.1 Å². The van der Waals surface area contributed by atoms with Crippen LogP contribution in [0.3, 0.4) is 0 Å². The van der Waals surface area contributed by atoms with E-state index in [1.54, 1.807) is 0 Å². The second kappa shape index (κ2) is 7.80. The van der Waals surface area contributed by atoms with Gasteiger partial charge < -0.3 is 19.7 Å². The molecule has 0 aliphatic heterocycles. The van der Waals surface area contributed by atoms with E-state index < -0.39 is 11.9 Å². The van der Waals surface area contributed by atoms with Crippen molar-refractivity contribution in [2.45, 2.75) is 0 Å². The summed E-state index contributed by atoms with van der Waals surface area (Å²) in [5, 5.41) is 19.2. The predicted molar refractivity (Wildman–Crippen MR) is 97.6 cm³/mol. The smallest absolute Gasteiger partial charge is 0.343 e. The average molecular weight is 385 g/mol. The van der Waals surface area contributed by atoms with Crippen LogP contribution < -0.4 is 9.47 Å². The zero-order valence-corrected chi connectivity index (χ0v) is 14.5. The van der Waals surface area contributed by atoms with Gasteiger partial charge in [0.2, 0.25) is 0 Å². The van der Waals surface area contributed by atoms with E-state index in [0.717, 1.165) is 0 Å². The van der Waals surface area contributed by atoms with Gasteiger partial charge in [-0.2, -0.15) is 0 Å².